The summed E-state index contributed by atoms with van der Waals surface area (Å²) < 4.78 is 38.9. The standard InChI is InChI=1S/C26H31ClN2O6S/c1-25(2)12-19-13-26(3,15-25)16-29(19)36(32,33)20-7-5-6-17(10-20)24(31)35-14-23(30)28-18-8-9-22(34-4)21(27)11-18/h5-11,19H,12-16H2,1-4H3,(H,28,30). The van der Waals surface area contributed by atoms with Gasteiger partial charge in [0.05, 0.1) is 22.6 Å². The van der Waals surface area contributed by atoms with Gasteiger partial charge in [-0.25, -0.2) is 13.2 Å². The van der Waals surface area contributed by atoms with Crippen LogP contribution in [0.15, 0.2) is 47.4 Å². The molecule has 1 aliphatic carbocycles. The molecular weight excluding hydrogens is 504 g/mol. The zero-order valence-corrected chi connectivity index (χ0v) is 22.4. The number of hydrogen-bond acceptors (Lipinski definition) is 6. The van der Waals surface area contributed by atoms with Crippen LogP contribution in [0.2, 0.25) is 5.02 Å². The van der Waals surface area contributed by atoms with E-state index >= 15 is 0 Å². The van der Waals surface area contributed by atoms with E-state index in [-0.39, 0.29) is 27.3 Å². The van der Waals surface area contributed by atoms with E-state index in [2.05, 4.69) is 26.1 Å². The molecule has 2 aromatic rings. The summed E-state index contributed by atoms with van der Waals surface area (Å²) >= 11 is 6.06. The van der Waals surface area contributed by atoms with Gasteiger partial charge in [0, 0.05) is 18.3 Å². The number of hydrogen-bond donors (Lipinski definition) is 1. The van der Waals surface area contributed by atoms with Gasteiger partial charge in [0.2, 0.25) is 10.0 Å². The quantitative estimate of drug-likeness (QED) is 0.515. The zero-order chi connectivity index (χ0) is 26.3. The second kappa shape index (κ2) is 9.68. The molecule has 1 saturated carbocycles. The summed E-state index contributed by atoms with van der Waals surface area (Å²) in [7, 11) is -2.31. The molecule has 8 nitrogen and oxygen atoms in total. The highest BCUT2D eigenvalue weighted by atomic mass is 35.5. The van der Waals surface area contributed by atoms with E-state index in [0.29, 0.717) is 23.0 Å². The van der Waals surface area contributed by atoms with Crippen LogP contribution in [-0.2, 0) is 19.6 Å². The summed E-state index contributed by atoms with van der Waals surface area (Å²) in [4.78, 5) is 24.9. The van der Waals surface area contributed by atoms with Crippen LogP contribution in [-0.4, -0.2) is 50.9 Å². The maximum Gasteiger partial charge on any atom is 0.338 e. The lowest BCUT2D eigenvalue weighted by atomic mass is 9.65. The van der Waals surface area contributed by atoms with E-state index in [4.69, 9.17) is 21.1 Å². The van der Waals surface area contributed by atoms with Crippen LogP contribution in [0.1, 0.15) is 50.4 Å². The number of sulfonamides is 1. The van der Waals surface area contributed by atoms with Crippen molar-refractivity contribution in [2.45, 2.75) is 51.0 Å². The molecule has 10 heteroatoms. The molecule has 36 heavy (non-hydrogen) atoms. The smallest absolute Gasteiger partial charge is 0.338 e. The molecule has 0 aromatic heterocycles. The molecule has 2 aliphatic rings. The van der Waals surface area contributed by atoms with Crippen molar-refractivity contribution >= 4 is 39.2 Å². The number of benzene rings is 2. The number of fused-ring (bicyclic) bond motifs is 2. The largest absolute Gasteiger partial charge is 0.495 e. The summed E-state index contributed by atoms with van der Waals surface area (Å²) in [5, 5.41) is 2.91. The lowest BCUT2D eigenvalue weighted by molar-refractivity contribution is -0.119. The third-order valence-electron chi connectivity index (χ3n) is 6.81. The molecule has 1 aliphatic heterocycles. The molecule has 2 aromatic carbocycles. The highest BCUT2D eigenvalue weighted by molar-refractivity contribution is 7.89. The van der Waals surface area contributed by atoms with Crippen molar-refractivity contribution in [3.05, 3.63) is 53.1 Å². The number of rotatable bonds is 7. The molecule has 4 rings (SSSR count). The van der Waals surface area contributed by atoms with Crippen LogP contribution in [0.5, 0.6) is 5.75 Å². The maximum absolute atomic E-state index is 13.5. The van der Waals surface area contributed by atoms with Crippen LogP contribution in [0.4, 0.5) is 5.69 Å². The van der Waals surface area contributed by atoms with Crippen molar-refractivity contribution in [1.82, 2.24) is 4.31 Å². The molecule has 1 N–H and O–H groups in total. The predicted octanol–water partition coefficient (Wildman–Crippen LogP) is 4.73. The monoisotopic (exact) mass is 534 g/mol. The fourth-order valence-electron chi connectivity index (χ4n) is 5.76. The van der Waals surface area contributed by atoms with Gasteiger partial charge in [0.15, 0.2) is 6.61 Å². The van der Waals surface area contributed by atoms with Crippen LogP contribution in [0.25, 0.3) is 0 Å². The van der Waals surface area contributed by atoms with E-state index in [1.54, 1.807) is 16.4 Å². The topological polar surface area (TPSA) is 102 Å². The Kier molecular flexibility index (Phi) is 7.11. The molecule has 194 valence electrons. The third kappa shape index (κ3) is 5.53. The minimum Gasteiger partial charge on any atom is -0.495 e. The predicted molar refractivity (Wildman–Crippen MR) is 137 cm³/mol. The molecule has 1 saturated heterocycles. The number of ether oxygens (including phenoxy) is 2. The van der Waals surface area contributed by atoms with Crippen molar-refractivity contribution < 1.29 is 27.5 Å². The van der Waals surface area contributed by atoms with Gasteiger partial charge in [0.25, 0.3) is 5.91 Å². The highest BCUT2D eigenvalue weighted by Gasteiger charge is 2.53. The van der Waals surface area contributed by atoms with Gasteiger partial charge in [-0.05, 0) is 66.5 Å². The average Bonchev–Trinajstić information content (AvgIpc) is 3.07. The van der Waals surface area contributed by atoms with Crippen LogP contribution in [0.3, 0.4) is 0 Å². The fraction of sp³-hybridized carbons (Fsp3) is 0.462. The number of amides is 1. The van der Waals surface area contributed by atoms with Gasteiger partial charge < -0.3 is 14.8 Å². The Labute approximate surface area is 217 Å². The Morgan fingerprint density at radius 2 is 1.89 bits per heavy atom. The lowest BCUT2D eigenvalue weighted by Gasteiger charge is -2.39. The first-order valence-electron chi connectivity index (χ1n) is 11.7. The molecule has 2 atom stereocenters. The van der Waals surface area contributed by atoms with Crippen molar-refractivity contribution in [3.63, 3.8) is 0 Å². The molecule has 2 unspecified atom stereocenters. The number of esters is 1. The van der Waals surface area contributed by atoms with Gasteiger partial charge in [-0.15, -0.1) is 0 Å². The number of nitrogens with zero attached hydrogens (tertiary/aromatic N) is 1. The Balaban J connectivity index is 1.42. The summed E-state index contributed by atoms with van der Waals surface area (Å²) in [5.41, 5.74) is 0.496. The van der Waals surface area contributed by atoms with Gasteiger partial charge in [-0.3, -0.25) is 4.79 Å². The number of carbonyl (C=O) groups excluding carboxylic acids is 2. The second-order valence-corrected chi connectivity index (χ2v) is 13.1. The van der Waals surface area contributed by atoms with Crippen LogP contribution in [0, 0.1) is 10.8 Å². The van der Waals surface area contributed by atoms with Crippen LogP contribution < -0.4 is 10.1 Å². The fourth-order valence-corrected chi connectivity index (χ4v) is 7.84. The number of carbonyl (C=O) groups is 2. The number of halogens is 1. The van der Waals surface area contributed by atoms with E-state index in [9.17, 15) is 18.0 Å². The highest BCUT2D eigenvalue weighted by Crippen LogP contribution is 2.53. The maximum atomic E-state index is 13.5. The first kappa shape index (κ1) is 26.4. The molecule has 0 spiro atoms. The number of methoxy groups -OCH3 is 1. The first-order valence-corrected chi connectivity index (χ1v) is 13.6. The third-order valence-corrected chi connectivity index (χ3v) is 9.00. The van der Waals surface area contributed by atoms with Crippen LogP contribution >= 0.6 is 11.6 Å². The minimum absolute atomic E-state index is 0.0447. The minimum atomic E-state index is -3.80. The SMILES string of the molecule is COc1ccc(NC(=O)COC(=O)c2cccc(S(=O)(=O)N3CC4(C)CC3CC(C)(C)C4)c2)cc1Cl. The van der Waals surface area contributed by atoms with E-state index in [0.717, 1.165) is 19.3 Å². The molecular formula is C26H31ClN2O6S. The molecule has 0 radical (unpaired) electrons. The molecule has 2 fully saturated rings. The van der Waals surface area contributed by atoms with Crippen molar-refractivity contribution in [2.24, 2.45) is 10.8 Å². The van der Waals surface area contributed by atoms with Gasteiger partial charge in [0.1, 0.15) is 5.75 Å². The Hall–Kier alpha value is -2.62. The van der Waals surface area contributed by atoms with E-state index in [1.165, 1.54) is 37.4 Å². The number of nitrogens with one attached hydrogen (secondary N) is 1. The van der Waals surface area contributed by atoms with Gasteiger partial charge >= 0.3 is 5.97 Å². The summed E-state index contributed by atoms with van der Waals surface area (Å²) in [5.74, 6) is -0.886. The summed E-state index contributed by atoms with van der Waals surface area (Å²) in [6.07, 6.45) is 2.61. The van der Waals surface area contributed by atoms with Gasteiger partial charge in [-0.1, -0.05) is 38.4 Å². The summed E-state index contributed by atoms with van der Waals surface area (Å²) in [6.45, 7) is 6.44. The lowest BCUT2D eigenvalue weighted by Crippen LogP contribution is -2.37. The average molecular weight is 535 g/mol. The van der Waals surface area contributed by atoms with Crippen molar-refractivity contribution in [3.8, 4) is 5.75 Å². The molecule has 1 heterocycles. The van der Waals surface area contributed by atoms with E-state index < -0.39 is 28.5 Å². The number of anilines is 1. The van der Waals surface area contributed by atoms with Crippen molar-refractivity contribution in [2.75, 3.05) is 25.6 Å². The van der Waals surface area contributed by atoms with Crippen molar-refractivity contribution in [1.29, 1.82) is 0 Å². The Morgan fingerprint density at radius 1 is 1.14 bits per heavy atom. The first-order chi connectivity index (χ1) is 16.8. The normalized spacial score (nSPS) is 23.2. The summed E-state index contributed by atoms with van der Waals surface area (Å²) in [6, 6.07) is 10.4. The second-order valence-electron chi connectivity index (χ2n) is 10.8. The van der Waals surface area contributed by atoms with Gasteiger partial charge in [-0.2, -0.15) is 4.31 Å². The van der Waals surface area contributed by atoms with E-state index in [1.807, 2.05) is 0 Å². The molecule has 2 bridgehead atoms. The Morgan fingerprint density at radius 3 is 2.58 bits per heavy atom. The molecule has 1 amide bonds. The zero-order valence-electron chi connectivity index (χ0n) is 20.8. The Bertz CT molecular complexity index is 1300.